The molecule has 1 saturated heterocycles. The molecule has 222 valence electrons. The van der Waals surface area contributed by atoms with Gasteiger partial charge in [0.1, 0.15) is 12.3 Å². The summed E-state index contributed by atoms with van der Waals surface area (Å²) in [5.41, 5.74) is 4.50. The van der Waals surface area contributed by atoms with Crippen molar-refractivity contribution in [2.75, 3.05) is 30.6 Å². The van der Waals surface area contributed by atoms with Crippen molar-refractivity contribution in [3.63, 3.8) is 0 Å². The maximum atomic E-state index is 13.5. The number of anilines is 1. The quantitative estimate of drug-likeness (QED) is 0.230. The Labute approximate surface area is 246 Å². The molecule has 3 aromatic carbocycles. The number of carbonyl (C=O) groups excluding carboxylic acids is 2. The van der Waals surface area contributed by atoms with Gasteiger partial charge in [-0.15, -0.1) is 0 Å². The van der Waals surface area contributed by atoms with Gasteiger partial charge in [-0.2, -0.15) is 5.10 Å². The largest absolute Gasteiger partial charge is 0.484 e. The Morgan fingerprint density at radius 2 is 1.74 bits per heavy atom. The summed E-state index contributed by atoms with van der Waals surface area (Å²) in [5.74, 6) is -0.0443. The van der Waals surface area contributed by atoms with Gasteiger partial charge in [0.05, 0.1) is 22.9 Å². The van der Waals surface area contributed by atoms with E-state index in [1.54, 1.807) is 54.6 Å². The zero-order chi connectivity index (χ0) is 30.0. The standard InChI is InChI=1S/C31H36N4O6S/c1-23(2)25-12-14-26(15-13-25)35(42(38,39)29-8-4-3-5-9-29)21-30(36)34-33-19-24-10-16-27(17-11-24)41-22-31(37)32-20-28-7-6-18-40-28/h3-5,8-17,19,23,28H,6-7,18,20-22H2,1-2H3,(H,32,37)(H,34,36)/b33-19-/t28-/m1/s1. The Kier molecular flexibility index (Phi) is 10.7. The van der Waals surface area contributed by atoms with Crippen LogP contribution >= 0.6 is 0 Å². The highest BCUT2D eigenvalue weighted by Crippen LogP contribution is 2.25. The van der Waals surface area contributed by atoms with E-state index in [1.807, 2.05) is 26.0 Å². The second-order valence-electron chi connectivity index (χ2n) is 10.2. The number of hydrogen-bond acceptors (Lipinski definition) is 7. The molecule has 1 aliphatic rings. The second kappa shape index (κ2) is 14.6. The van der Waals surface area contributed by atoms with Gasteiger partial charge in [-0.05, 0) is 78.4 Å². The molecule has 0 bridgehead atoms. The van der Waals surface area contributed by atoms with E-state index in [2.05, 4.69) is 15.8 Å². The topological polar surface area (TPSA) is 126 Å². The summed E-state index contributed by atoms with van der Waals surface area (Å²) >= 11 is 0. The monoisotopic (exact) mass is 592 g/mol. The highest BCUT2D eigenvalue weighted by atomic mass is 32.2. The molecule has 10 nitrogen and oxygen atoms in total. The lowest BCUT2D eigenvalue weighted by molar-refractivity contribution is -0.123. The van der Waals surface area contributed by atoms with Crippen molar-refractivity contribution < 1.29 is 27.5 Å². The van der Waals surface area contributed by atoms with Crippen LogP contribution in [-0.2, 0) is 24.3 Å². The summed E-state index contributed by atoms with van der Waals surface area (Å²) in [4.78, 5) is 24.9. The average molecular weight is 593 g/mol. The Bertz CT molecular complexity index is 1450. The van der Waals surface area contributed by atoms with Crippen LogP contribution in [0.3, 0.4) is 0 Å². The van der Waals surface area contributed by atoms with E-state index in [1.165, 1.54) is 18.3 Å². The molecule has 4 rings (SSSR count). The van der Waals surface area contributed by atoms with E-state index in [-0.39, 0.29) is 29.4 Å². The van der Waals surface area contributed by atoms with Crippen LogP contribution in [-0.4, -0.2) is 58.9 Å². The summed E-state index contributed by atoms with van der Waals surface area (Å²) in [6.07, 6.45) is 3.46. The maximum absolute atomic E-state index is 13.5. The van der Waals surface area contributed by atoms with Gasteiger partial charge >= 0.3 is 0 Å². The lowest BCUT2D eigenvalue weighted by atomic mass is 10.0. The zero-order valence-electron chi connectivity index (χ0n) is 23.7. The third kappa shape index (κ3) is 8.64. The summed E-state index contributed by atoms with van der Waals surface area (Å²) in [7, 11) is -4.01. The van der Waals surface area contributed by atoms with Gasteiger partial charge in [0, 0.05) is 13.2 Å². The van der Waals surface area contributed by atoms with E-state index >= 15 is 0 Å². The lowest BCUT2D eigenvalue weighted by Gasteiger charge is -2.24. The van der Waals surface area contributed by atoms with Gasteiger partial charge in [-0.25, -0.2) is 13.8 Å². The molecule has 0 unspecified atom stereocenters. The average Bonchev–Trinajstić information content (AvgIpc) is 3.53. The van der Waals surface area contributed by atoms with Crippen molar-refractivity contribution in [1.29, 1.82) is 0 Å². The van der Waals surface area contributed by atoms with Gasteiger partial charge in [-0.1, -0.05) is 44.2 Å². The van der Waals surface area contributed by atoms with Crippen molar-refractivity contribution in [2.24, 2.45) is 5.10 Å². The maximum Gasteiger partial charge on any atom is 0.264 e. The minimum Gasteiger partial charge on any atom is -0.484 e. The predicted molar refractivity (Wildman–Crippen MR) is 161 cm³/mol. The number of amides is 2. The van der Waals surface area contributed by atoms with E-state index in [4.69, 9.17) is 9.47 Å². The molecule has 0 saturated carbocycles. The van der Waals surface area contributed by atoms with E-state index < -0.39 is 22.5 Å². The van der Waals surface area contributed by atoms with Crippen LogP contribution in [0.15, 0.2) is 88.9 Å². The Morgan fingerprint density at radius 1 is 1.02 bits per heavy atom. The number of ether oxygens (including phenoxy) is 2. The smallest absolute Gasteiger partial charge is 0.264 e. The molecular formula is C31H36N4O6S. The van der Waals surface area contributed by atoms with Crippen molar-refractivity contribution >= 4 is 33.7 Å². The highest BCUT2D eigenvalue weighted by molar-refractivity contribution is 7.92. The van der Waals surface area contributed by atoms with Crippen LogP contribution < -0.4 is 19.8 Å². The third-order valence-corrected chi connectivity index (χ3v) is 8.46. The molecule has 0 spiro atoms. The first kappa shape index (κ1) is 30.7. The lowest BCUT2D eigenvalue weighted by Crippen LogP contribution is -2.39. The molecule has 3 aromatic rings. The van der Waals surface area contributed by atoms with Crippen LogP contribution in [0.2, 0.25) is 0 Å². The van der Waals surface area contributed by atoms with Crippen molar-refractivity contribution in [2.45, 2.75) is 43.6 Å². The fourth-order valence-electron chi connectivity index (χ4n) is 4.29. The summed E-state index contributed by atoms with van der Waals surface area (Å²) < 4.78 is 39.0. The molecular weight excluding hydrogens is 556 g/mol. The minimum atomic E-state index is -4.01. The van der Waals surface area contributed by atoms with Crippen LogP contribution in [0.1, 0.15) is 43.7 Å². The first-order chi connectivity index (χ1) is 20.2. The second-order valence-corrected chi connectivity index (χ2v) is 12.0. The fraction of sp³-hybridized carbons (Fsp3) is 0.323. The highest BCUT2D eigenvalue weighted by Gasteiger charge is 2.27. The number of benzene rings is 3. The summed E-state index contributed by atoms with van der Waals surface area (Å²) in [6, 6.07) is 21.9. The molecule has 2 amide bonds. The van der Waals surface area contributed by atoms with Gasteiger partial charge < -0.3 is 14.8 Å². The molecule has 11 heteroatoms. The van der Waals surface area contributed by atoms with Gasteiger partial charge in [0.15, 0.2) is 6.61 Å². The molecule has 1 fully saturated rings. The number of hydrogen-bond donors (Lipinski definition) is 2. The van der Waals surface area contributed by atoms with Crippen molar-refractivity contribution in [3.8, 4) is 5.75 Å². The van der Waals surface area contributed by atoms with Gasteiger partial charge in [0.25, 0.3) is 21.8 Å². The molecule has 2 N–H and O–H groups in total. The number of hydrazone groups is 1. The van der Waals surface area contributed by atoms with Crippen LogP contribution in [0.5, 0.6) is 5.75 Å². The van der Waals surface area contributed by atoms with E-state index in [0.717, 1.165) is 29.3 Å². The number of nitrogens with zero attached hydrogens (tertiary/aromatic N) is 2. The number of nitrogens with one attached hydrogen (secondary N) is 2. The van der Waals surface area contributed by atoms with Crippen LogP contribution in [0.25, 0.3) is 0 Å². The number of carbonyl (C=O) groups is 2. The van der Waals surface area contributed by atoms with Gasteiger partial charge in [-0.3, -0.25) is 13.9 Å². The van der Waals surface area contributed by atoms with Crippen molar-refractivity contribution in [1.82, 2.24) is 10.7 Å². The normalized spacial score (nSPS) is 15.1. The fourth-order valence-corrected chi connectivity index (χ4v) is 5.73. The summed E-state index contributed by atoms with van der Waals surface area (Å²) in [6.45, 7) is 4.73. The van der Waals surface area contributed by atoms with Crippen LogP contribution in [0, 0.1) is 0 Å². The number of rotatable bonds is 13. The third-order valence-electron chi connectivity index (χ3n) is 6.67. The predicted octanol–water partition coefficient (Wildman–Crippen LogP) is 3.83. The molecule has 0 aromatic heterocycles. The number of sulfonamides is 1. The van der Waals surface area contributed by atoms with Crippen molar-refractivity contribution in [3.05, 3.63) is 90.0 Å². The molecule has 1 atom stereocenters. The zero-order valence-corrected chi connectivity index (χ0v) is 24.5. The Morgan fingerprint density at radius 3 is 2.38 bits per heavy atom. The SMILES string of the molecule is CC(C)c1ccc(N(CC(=O)N/N=C\c2ccc(OCC(=O)NC[C@H]3CCCO3)cc2)S(=O)(=O)c2ccccc2)cc1. The van der Waals surface area contributed by atoms with Gasteiger partial charge in [0.2, 0.25) is 0 Å². The molecule has 0 radical (unpaired) electrons. The first-order valence-corrected chi connectivity index (χ1v) is 15.3. The van der Waals surface area contributed by atoms with E-state index in [0.29, 0.717) is 23.5 Å². The van der Waals surface area contributed by atoms with E-state index in [9.17, 15) is 18.0 Å². The first-order valence-electron chi connectivity index (χ1n) is 13.8. The molecule has 42 heavy (non-hydrogen) atoms. The van der Waals surface area contributed by atoms with Crippen LogP contribution in [0.4, 0.5) is 5.69 Å². The molecule has 0 aliphatic carbocycles. The molecule has 1 heterocycles. The minimum absolute atomic E-state index is 0.0700. The Balaban J connectivity index is 1.33. The molecule has 1 aliphatic heterocycles. The summed E-state index contributed by atoms with van der Waals surface area (Å²) in [5, 5.41) is 6.79. The Hall–Kier alpha value is -4.22.